The molecule has 104 heavy (non-hydrogen) atoms. The quantitative estimate of drug-likeness (QED) is 0.00459. The molecule has 592 valence electrons. The van der Waals surface area contributed by atoms with Gasteiger partial charge in [0, 0.05) is 76.0 Å². The molecule has 0 radical (unpaired) electrons. The molecule has 1 aliphatic heterocycles. The first kappa shape index (κ1) is 109. The molecule has 15 heteroatoms. The van der Waals surface area contributed by atoms with Gasteiger partial charge in [0.2, 0.25) is 0 Å². The monoisotopic (exact) mass is 1630 g/mol. The summed E-state index contributed by atoms with van der Waals surface area (Å²) in [6, 6.07) is 33.9. The first-order valence-electron chi connectivity index (χ1n) is 38.8. The molecule has 4 rings (SSSR count). The van der Waals surface area contributed by atoms with Crippen molar-refractivity contribution in [1.29, 1.82) is 0 Å². The Bertz CT molecular complexity index is 2220. The molecular formula is C89H149ClIKO11P-. The van der Waals surface area contributed by atoms with E-state index >= 15 is 0 Å². The molecule has 0 unspecified atom stereocenters. The molecule has 3 aromatic carbocycles. The van der Waals surface area contributed by atoms with Gasteiger partial charge in [-0.25, -0.2) is 0 Å². The van der Waals surface area contributed by atoms with Gasteiger partial charge in [0.05, 0.1) is 0 Å². The number of rotatable bonds is 53. The molecule has 0 spiro atoms. The van der Waals surface area contributed by atoms with Crippen molar-refractivity contribution in [3.05, 3.63) is 182 Å². The summed E-state index contributed by atoms with van der Waals surface area (Å²) < 4.78 is 47.6. The number of ether oxygens (including phenoxy) is 9. The fourth-order valence-corrected chi connectivity index (χ4v) is 23.6. The molecule has 0 atom stereocenters. The molecule has 11 nitrogen and oxygen atoms in total. The van der Waals surface area contributed by atoms with E-state index in [1.165, 1.54) is 161 Å². The van der Waals surface area contributed by atoms with Crippen LogP contribution < -0.4 is 93.1 Å². The van der Waals surface area contributed by atoms with Crippen molar-refractivity contribution >= 4 is 38.7 Å². The Labute approximate surface area is 697 Å². The van der Waals surface area contributed by atoms with E-state index in [2.05, 4.69) is 184 Å². The summed E-state index contributed by atoms with van der Waals surface area (Å²) in [6.07, 6.45) is 70.6. The van der Waals surface area contributed by atoms with E-state index in [9.17, 15) is 9.90 Å². The molecule has 0 aliphatic carbocycles. The van der Waals surface area contributed by atoms with Gasteiger partial charge in [0.25, 0.3) is 0 Å². The Kier molecular flexibility index (Phi) is 90.6. The molecule has 3 aromatic rings. The number of allylic oxidation sites excluding steroid dienone is 14. The number of benzene rings is 3. The molecule has 0 bridgehead atoms. The molecule has 1 aliphatic rings. The third-order valence-electron chi connectivity index (χ3n) is 15.6. The van der Waals surface area contributed by atoms with Gasteiger partial charge in [-0.3, -0.25) is 4.79 Å². The molecule has 1 saturated heterocycles. The van der Waals surface area contributed by atoms with Crippen molar-refractivity contribution in [1.82, 2.24) is 0 Å². The van der Waals surface area contributed by atoms with Crippen LogP contribution in [0, 0.1) is 6.42 Å². The Balaban J connectivity index is -0.000000623. The van der Waals surface area contributed by atoms with E-state index in [0.717, 1.165) is 96.0 Å². The molecule has 0 N–H and O–H groups in total. The number of carbonyl (C=O) groups excluding carboxylic acids is 1. The maximum atomic E-state index is 10.1. The van der Waals surface area contributed by atoms with Crippen LogP contribution in [-0.2, 0) is 47.4 Å². The van der Waals surface area contributed by atoms with E-state index in [1.54, 1.807) is 77.6 Å². The van der Waals surface area contributed by atoms with E-state index in [4.69, 9.17) is 54.2 Å². The van der Waals surface area contributed by atoms with E-state index in [0.29, 0.717) is 0 Å². The summed E-state index contributed by atoms with van der Waals surface area (Å²) in [6.45, 7) is 13.1. The van der Waals surface area contributed by atoms with Crippen LogP contribution in [0.4, 0.5) is 0 Å². The van der Waals surface area contributed by atoms with Crippen LogP contribution in [0.3, 0.4) is 0 Å². The van der Waals surface area contributed by atoms with Gasteiger partial charge in [-0.1, -0.05) is 127 Å². The summed E-state index contributed by atoms with van der Waals surface area (Å²) in [5.74, 6) is 0.764. The Hall–Kier alpha value is -1.80. The van der Waals surface area contributed by atoms with E-state index in [1.807, 2.05) is 13.0 Å². The topological polar surface area (TPSA) is 123 Å². The standard InChI is InChI=1S/C31H40IO2P.C18H32O2.C14H27O2.C13H25ClO2.C5H8O.C4H8O.C4H9O.K/c1-33-31(34-2)26-18-7-5-3-4-6-8-19-27-32-35(28-20-12-9-13-21-28,29-22-14-10-15-23-29)30-24-16-11-17-25-30;1-4-5-6-7-8-9-10-11-12-13-14-15-16-17-18(19-2)20-3;1-4-5-6-7-8-9-10-11-12-13-14(15-2)16-3;1-15-13(16-2)11-9-7-5-3-4-6-8-10-12-14;1-2-3-4-5-6;1-2-4-5-3-1;1-4(2,3)5;/h4,6,9-17,20-25,31H,3,5,7-8,18-19,26-27H2,1-2H3;5-8,11-12,18H,4,9-10,13-17H2,1-3H3;4,7-8,14H,5-6,9-13H2,1-3H3;4,6,13H,3,5,7-12H2,1-2H3;3-5H,2H2,1H3;1-4H2;1-3H3;/q;;-1;;;;-1;+1/b6-4-;6-5+,8-7-,12-11-;8-7-;6-4-;4-3+;;;. The van der Waals surface area contributed by atoms with Gasteiger partial charge in [0.1, 0.15) is 6.29 Å². The zero-order valence-electron chi connectivity index (χ0n) is 68.4. The molecule has 0 aromatic heterocycles. The normalized spacial score (nSPS) is 12.4. The second-order valence-electron chi connectivity index (χ2n) is 25.7. The predicted molar refractivity (Wildman–Crippen MR) is 442 cm³/mol. The number of alkyl halides is 2. The fourth-order valence-electron chi connectivity index (χ4n) is 9.95. The Morgan fingerprint density at radius 3 is 1.03 bits per heavy atom. The van der Waals surface area contributed by atoms with Crippen molar-refractivity contribution in [3.8, 4) is 0 Å². The number of aldehydes is 1. The van der Waals surface area contributed by atoms with Gasteiger partial charge >= 0.3 is 261 Å². The van der Waals surface area contributed by atoms with E-state index < -0.39 is 10.5 Å². The van der Waals surface area contributed by atoms with Gasteiger partial charge in [0.15, 0.2) is 18.9 Å². The van der Waals surface area contributed by atoms with Gasteiger partial charge in [-0.05, 0) is 134 Å². The summed E-state index contributed by atoms with van der Waals surface area (Å²) in [4.78, 5) is 7.90. The first-order chi connectivity index (χ1) is 50.3. The minimum absolute atomic E-state index is 0. The Morgan fingerprint density at radius 1 is 0.442 bits per heavy atom. The minimum atomic E-state index is -1.58. The summed E-state index contributed by atoms with van der Waals surface area (Å²) >= 11 is 5.53. The van der Waals surface area contributed by atoms with Crippen LogP contribution in [0.5, 0.6) is 0 Å². The van der Waals surface area contributed by atoms with Crippen molar-refractivity contribution in [2.45, 2.75) is 278 Å². The number of methoxy groups -OCH3 is 8. The van der Waals surface area contributed by atoms with Crippen LogP contribution in [0.1, 0.15) is 247 Å². The summed E-state index contributed by atoms with van der Waals surface area (Å²) in [5.41, 5.74) is -0.750. The van der Waals surface area contributed by atoms with Crippen molar-refractivity contribution in [2.24, 2.45) is 0 Å². The van der Waals surface area contributed by atoms with Crippen molar-refractivity contribution < 1.29 is 125 Å². The second kappa shape index (κ2) is 86.8. The fraction of sp³-hybridized carbons (Fsp3) is 0.618. The van der Waals surface area contributed by atoms with E-state index in [-0.39, 0.29) is 97.2 Å². The smallest absolute Gasteiger partial charge is 0.356 e. The molecular weight excluding hydrogens is 1480 g/mol. The van der Waals surface area contributed by atoms with Gasteiger partial charge in [-0.15, -0.1) is 17.2 Å². The number of hydrogen-bond donors (Lipinski definition) is 0. The molecule has 0 amide bonds. The number of hydrogen-bond acceptors (Lipinski definition) is 11. The average molecular weight is 1630 g/mol. The average Bonchev–Trinajstić information content (AvgIpc) is 1.75. The third-order valence-corrected chi connectivity index (χ3v) is 29.8. The first-order valence-corrected chi connectivity index (χ1v) is 45.4. The second-order valence-corrected chi connectivity index (χ2v) is 36.5. The van der Waals surface area contributed by atoms with Crippen molar-refractivity contribution in [3.63, 3.8) is 0 Å². The molecule has 1 heterocycles. The third kappa shape index (κ3) is 73.0. The summed E-state index contributed by atoms with van der Waals surface area (Å²) in [5, 5.41) is 14.7. The molecule has 0 saturated carbocycles. The van der Waals surface area contributed by atoms with Crippen LogP contribution in [0.25, 0.3) is 0 Å². The predicted octanol–water partition coefficient (Wildman–Crippen LogP) is 16.6. The molecule has 1 fully saturated rings. The number of unbranched alkanes of at least 4 members (excludes halogenated alkanes) is 17. The van der Waals surface area contributed by atoms with Gasteiger partial charge < -0.3 is 44.7 Å². The van der Waals surface area contributed by atoms with Crippen LogP contribution in [-0.4, -0.2) is 117 Å². The minimum Gasteiger partial charge on any atom is -0.356 e. The zero-order valence-corrected chi connectivity index (χ0v) is 75.3. The zero-order chi connectivity index (χ0) is 76.5. The van der Waals surface area contributed by atoms with Crippen LogP contribution in [0.2, 0.25) is 0 Å². The SMILES string of the molecule is C1CCOC1.CC(C)(C)[O-].CC/C=C/C=C\CC/C=C\CCCCCC(OC)OC.CC/C=C/C=O.COC(CCCCC/C=C\CCCCl)OC.COC(CCCCC/C=C\CCC[I-][P+](c1ccccc1)(c1ccccc1)c1ccccc1)OC.C[CH-]CC/C=C\CCCCCC(OC)OC.[K+]. The number of halogens is 2. The van der Waals surface area contributed by atoms with Crippen molar-refractivity contribution in [2.75, 3.05) is 80.4 Å². The van der Waals surface area contributed by atoms with Gasteiger partial charge in [-0.2, -0.15) is 13.3 Å². The number of carbonyl (C=O) groups is 1. The Morgan fingerprint density at radius 2 is 0.740 bits per heavy atom. The summed E-state index contributed by atoms with van der Waals surface area (Å²) in [7, 11) is 13.6. The maximum absolute atomic E-state index is 10.1. The van der Waals surface area contributed by atoms with Crippen LogP contribution >= 0.6 is 16.5 Å². The van der Waals surface area contributed by atoms with Crippen LogP contribution in [0.15, 0.2) is 176 Å².